The Morgan fingerprint density at radius 1 is 1.15 bits per heavy atom. The number of aryl methyl sites for hydroxylation is 1. The molecule has 3 nitrogen and oxygen atoms in total. The largest absolute Gasteiger partial charge is 0.317 e. The van der Waals surface area contributed by atoms with Crippen molar-refractivity contribution in [2.24, 2.45) is 0 Å². The number of benzene rings is 1. The van der Waals surface area contributed by atoms with Gasteiger partial charge in [0.05, 0.1) is 0 Å². The molecule has 0 fully saturated rings. The molecule has 0 amide bonds. The molecule has 1 N–H and O–H groups in total. The van der Waals surface area contributed by atoms with Crippen LogP contribution in [0.3, 0.4) is 0 Å². The lowest BCUT2D eigenvalue weighted by Gasteiger charge is -1.99. The Hall–Kier alpha value is -1.40. The molecule has 0 aliphatic rings. The first kappa shape index (κ1) is 15.0. The maximum Gasteiger partial charge on any atom is 0.159 e. The quantitative estimate of drug-likeness (QED) is 0.799. The average Bonchev–Trinajstić information content (AvgIpc) is 2.87. The summed E-state index contributed by atoms with van der Waals surface area (Å²) in [4.78, 5) is 0. The fourth-order valence-electron chi connectivity index (χ4n) is 1.83. The number of halogens is 2. The predicted octanol–water partition coefficient (Wildman–Crippen LogP) is 2.95. The van der Waals surface area contributed by atoms with E-state index in [1.54, 1.807) is 6.07 Å². The normalized spacial score (nSPS) is 10.9. The molecule has 0 bridgehead atoms. The Bertz CT molecular complexity index is 557. The van der Waals surface area contributed by atoms with Gasteiger partial charge in [0, 0.05) is 12.8 Å². The van der Waals surface area contributed by atoms with Crippen molar-refractivity contribution in [3.8, 4) is 0 Å². The van der Waals surface area contributed by atoms with E-state index in [1.807, 2.05) is 0 Å². The van der Waals surface area contributed by atoms with Crippen LogP contribution < -0.4 is 5.32 Å². The van der Waals surface area contributed by atoms with Gasteiger partial charge < -0.3 is 5.32 Å². The number of rotatable bonds is 7. The SMILES string of the molecule is CCNCCCc1nnc(Cc2ccc(F)c(F)c2)s1. The summed E-state index contributed by atoms with van der Waals surface area (Å²) < 4.78 is 25.9. The van der Waals surface area contributed by atoms with E-state index in [2.05, 4.69) is 22.4 Å². The van der Waals surface area contributed by atoms with E-state index in [0.29, 0.717) is 12.0 Å². The van der Waals surface area contributed by atoms with E-state index in [9.17, 15) is 8.78 Å². The Balaban J connectivity index is 1.90. The van der Waals surface area contributed by atoms with Gasteiger partial charge in [-0.15, -0.1) is 21.5 Å². The van der Waals surface area contributed by atoms with Crippen molar-refractivity contribution in [1.29, 1.82) is 0 Å². The Morgan fingerprint density at radius 3 is 2.70 bits per heavy atom. The van der Waals surface area contributed by atoms with Gasteiger partial charge in [-0.3, -0.25) is 0 Å². The smallest absolute Gasteiger partial charge is 0.159 e. The van der Waals surface area contributed by atoms with E-state index < -0.39 is 11.6 Å². The van der Waals surface area contributed by atoms with Crippen molar-refractivity contribution >= 4 is 11.3 Å². The van der Waals surface area contributed by atoms with E-state index in [0.717, 1.165) is 42.0 Å². The molecule has 0 atom stereocenters. The fourth-order valence-corrected chi connectivity index (χ4v) is 2.75. The molecule has 0 unspecified atom stereocenters. The molecule has 0 saturated heterocycles. The van der Waals surface area contributed by atoms with Gasteiger partial charge in [-0.25, -0.2) is 8.78 Å². The molecule has 0 spiro atoms. The Morgan fingerprint density at radius 2 is 1.95 bits per heavy atom. The van der Waals surface area contributed by atoms with Crippen LogP contribution in [0.5, 0.6) is 0 Å². The molecule has 2 rings (SSSR count). The zero-order valence-electron chi connectivity index (χ0n) is 11.3. The molecule has 0 radical (unpaired) electrons. The minimum Gasteiger partial charge on any atom is -0.317 e. The molecule has 1 aromatic heterocycles. The Labute approximate surface area is 121 Å². The molecule has 1 aromatic carbocycles. The zero-order chi connectivity index (χ0) is 14.4. The molecule has 0 aliphatic carbocycles. The van der Waals surface area contributed by atoms with Crippen molar-refractivity contribution < 1.29 is 8.78 Å². The first-order chi connectivity index (χ1) is 9.69. The summed E-state index contributed by atoms with van der Waals surface area (Å²) in [6, 6.07) is 3.93. The van der Waals surface area contributed by atoms with Crippen molar-refractivity contribution in [3.05, 3.63) is 45.4 Å². The standard InChI is InChI=1S/C14H17F2N3S/c1-2-17-7-3-4-13-18-19-14(20-13)9-10-5-6-11(15)12(16)8-10/h5-6,8,17H,2-4,7,9H2,1H3. The van der Waals surface area contributed by atoms with Gasteiger partial charge in [-0.2, -0.15) is 0 Å². The summed E-state index contributed by atoms with van der Waals surface area (Å²) in [5.74, 6) is -1.65. The molecule has 0 aliphatic heterocycles. The summed E-state index contributed by atoms with van der Waals surface area (Å²) in [5, 5.41) is 13.3. The highest BCUT2D eigenvalue weighted by Gasteiger charge is 2.07. The van der Waals surface area contributed by atoms with Crippen molar-refractivity contribution in [2.75, 3.05) is 13.1 Å². The van der Waals surface area contributed by atoms with E-state index in [-0.39, 0.29) is 0 Å². The third-order valence-electron chi connectivity index (χ3n) is 2.84. The van der Waals surface area contributed by atoms with Crippen LogP contribution >= 0.6 is 11.3 Å². The van der Waals surface area contributed by atoms with Crippen molar-refractivity contribution in [3.63, 3.8) is 0 Å². The van der Waals surface area contributed by atoms with Crippen LogP contribution in [0.15, 0.2) is 18.2 Å². The predicted molar refractivity (Wildman–Crippen MR) is 75.9 cm³/mol. The highest BCUT2D eigenvalue weighted by Crippen LogP contribution is 2.17. The van der Waals surface area contributed by atoms with E-state index in [1.165, 1.54) is 17.4 Å². The number of hydrogen-bond acceptors (Lipinski definition) is 4. The van der Waals surface area contributed by atoms with Crippen LogP contribution in [-0.2, 0) is 12.8 Å². The first-order valence-electron chi connectivity index (χ1n) is 6.65. The van der Waals surface area contributed by atoms with Gasteiger partial charge in [0.15, 0.2) is 11.6 Å². The summed E-state index contributed by atoms with van der Waals surface area (Å²) >= 11 is 1.53. The monoisotopic (exact) mass is 297 g/mol. The summed E-state index contributed by atoms with van der Waals surface area (Å²) in [6.07, 6.45) is 2.40. The number of nitrogens with zero attached hydrogens (tertiary/aromatic N) is 2. The van der Waals surface area contributed by atoms with Gasteiger partial charge in [0.25, 0.3) is 0 Å². The molecule has 108 valence electrons. The van der Waals surface area contributed by atoms with Gasteiger partial charge in [-0.1, -0.05) is 13.0 Å². The molecular formula is C14H17F2N3S. The minimum atomic E-state index is -0.824. The molecule has 1 heterocycles. The fraction of sp³-hybridized carbons (Fsp3) is 0.429. The summed E-state index contributed by atoms with van der Waals surface area (Å²) in [6.45, 7) is 4.01. The van der Waals surface area contributed by atoms with E-state index in [4.69, 9.17) is 0 Å². The lowest BCUT2D eigenvalue weighted by Crippen LogP contribution is -2.14. The molecule has 6 heteroatoms. The lowest BCUT2D eigenvalue weighted by molar-refractivity contribution is 0.507. The van der Waals surface area contributed by atoms with Gasteiger partial charge in [0.2, 0.25) is 0 Å². The third-order valence-corrected chi connectivity index (χ3v) is 3.83. The minimum absolute atomic E-state index is 0.488. The second-order valence-electron chi connectivity index (χ2n) is 4.47. The van der Waals surface area contributed by atoms with Gasteiger partial charge in [-0.05, 0) is 37.2 Å². The maximum atomic E-state index is 13.1. The zero-order valence-corrected chi connectivity index (χ0v) is 12.1. The second kappa shape index (κ2) is 7.40. The van der Waals surface area contributed by atoms with Crippen LogP contribution in [0.25, 0.3) is 0 Å². The van der Waals surface area contributed by atoms with Gasteiger partial charge >= 0.3 is 0 Å². The Kier molecular flexibility index (Phi) is 5.55. The highest BCUT2D eigenvalue weighted by atomic mass is 32.1. The summed E-state index contributed by atoms with van der Waals surface area (Å²) in [5.41, 5.74) is 0.708. The van der Waals surface area contributed by atoms with Crippen molar-refractivity contribution in [1.82, 2.24) is 15.5 Å². The van der Waals surface area contributed by atoms with Crippen LogP contribution in [0.1, 0.15) is 28.9 Å². The highest BCUT2D eigenvalue weighted by molar-refractivity contribution is 7.11. The third kappa shape index (κ3) is 4.31. The number of nitrogens with one attached hydrogen (secondary N) is 1. The molecule has 2 aromatic rings. The number of hydrogen-bond donors (Lipinski definition) is 1. The average molecular weight is 297 g/mol. The lowest BCUT2D eigenvalue weighted by atomic mass is 10.1. The second-order valence-corrected chi connectivity index (χ2v) is 5.62. The van der Waals surface area contributed by atoms with Gasteiger partial charge in [0.1, 0.15) is 10.0 Å². The summed E-state index contributed by atoms with van der Waals surface area (Å²) in [7, 11) is 0. The first-order valence-corrected chi connectivity index (χ1v) is 7.46. The van der Waals surface area contributed by atoms with Crippen LogP contribution in [0.4, 0.5) is 8.78 Å². The maximum absolute atomic E-state index is 13.1. The molecule has 0 saturated carbocycles. The molecular weight excluding hydrogens is 280 g/mol. The van der Waals surface area contributed by atoms with Crippen LogP contribution in [-0.4, -0.2) is 23.3 Å². The molecule has 20 heavy (non-hydrogen) atoms. The number of aromatic nitrogens is 2. The van der Waals surface area contributed by atoms with Crippen LogP contribution in [0, 0.1) is 11.6 Å². The van der Waals surface area contributed by atoms with Crippen LogP contribution in [0.2, 0.25) is 0 Å². The topological polar surface area (TPSA) is 37.8 Å². The van der Waals surface area contributed by atoms with E-state index >= 15 is 0 Å². The van der Waals surface area contributed by atoms with Crippen molar-refractivity contribution in [2.45, 2.75) is 26.2 Å².